The Labute approximate surface area is 203 Å². The summed E-state index contributed by atoms with van der Waals surface area (Å²) in [4.78, 5) is 26.0. The van der Waals surface area contributed by atoms with Gasteiger partial charge in [-0.1, -0.05) is 35.5 Å². The van der Waals surface area contributed by atoms with E-state index >= 15 is 0 Å². The first kappa shape index (κ1) is 23.2. The largest absolute Gasteiger partial charge is 0.497 e. The Bertz CT molecular complexity index is 1060. The highest BCUT2D eigenvalue weighted by atomic mass is 35.5. The van der Waals surface area contributed by atoms with E-state index in [1.54, 1.807) is 19.5 Å². The van der Waals surface area contributed by atoms with E-state index in [4.69, 9.17) is 16.3 Å². The summed E-state index contributed by atoms with van der Waals surface area (Å²) in [6.45, 7) is 3.91. The monoisotopic (exact) mass is 483 g/mol. The van der Waals surface area contributed by atoms with Crippen LogP contribution in [-0.2, 0) is 11.3 Å². The van der Waals surface area contributed by atoms with Crippen molar-refractivity contribution in [1.82, 2.24) is 15.3 Å². The number of piperazine rings is 1. The van der Waals surface area contributed by atoms with Gasteiger partial charge in [0.15, 0.2) is 5.82 Å². The second-order valence-corrected chi connectivity index (χ2v) is 8.95. The van der Waals surface area contributed by atoms with Gasteiger partial charge in [-0.15, -0.1) is 0 Å². The maximum atomic E-state index is 12.4. The predicted molar refractivity (Wildman–Crippen MR) is 133 cm³/mol. The van der Waals surface area contributed by atoms with E-state index in [0.717, 1.165) is 48.3 Å². The number of nitrogens with one attached hydrogen (secondary N) is 1. The third-order valence-electron chi connectivity index (χ3n) is 5.41. The summed E-state index contributed by atoms with van der Waals surface area (Å²) in [5, 5.41) is 4.40. The van der Waals surface area contributed by atoms with Crippen LogP contribution >= 0.6 is 23.4 Å². The van der Waals surface area contributed by atoms with E-state index in [-0.39, 0.29) is 11.7 Å². The lowest BCUT2D eigenvalue weighted by molar-refractivity contribution is -0.118. The minimum Gasteiger partial charge on any atom is -0.497 e. The van der Waals surface area contributed by atoms with Crippen LogP contribution < -0.4 is 19.9 Å². The molecule has 1 amide bonds. The van der Waals surface area contributed by atoms with E-state index in [0.29, 0.717) is 11.6 Å². The van der Waals surface area contributed by atoms with Gasteiger partial charge in [0.2, 0.25) is 5.91 Å². The molecule has 0 bridgehead atoms. The fourth-order valence-corrected chi connectivity index (χ4v) is 4.54. The van der Waals surface area contributed by atoms with Crippen molar-refractivity contribution in [1.29, 1.82) is 0 Å². The van der Waals surface area contributed by atoms with Gasteiger partial charge in [-0.25, -0.2) is 9.97 Å². The summed E-state index contributed by atoms with van der Waals surface area (Å²) in [6.07, 6.45) is 3.38. The third-order valence-corrected chi connectivity index (χ3v) is 6.63. The highest BCUT2D eigenvalue weighted by molar-refractivity contribution is 8.00. The van der Waals surface area contributed by atoms with Crippen LogP contribution in [0.2, 0.25) is 5.02 Å². The Balaban J connectivity index is 1.30. The Hall–Kier alpha value is -2.97. The summed E-state index contributed by atoms with van der Waals surface area (Å²) < 4.78 is 5.25. The molecule has 1 aromatic heterocycles. The second-order valence-electron chi connectivity index (χ2n) is 7.55. The van der Waals surface area contributed by atoms with Crippen molar-refractivity contribution in [3.63, 3.8) is 0 Å². The maximum absolute atomic E-state index is 12.4. The van der Waals surface area contributed by atoms with Crippen molar-refractivity contribution >= 4 is 40.8 Å². The highest BCUT2D eigenvalue weighted by Gasteiger charge is 2.21. The minimum atomic E-state index is -0.0455. The first-order chi connectivity index (χ1) is 16.1. The molecule has 1 aliphatic heterocycles. The zero-order chi connectivity index (χ0) is 23.0. The lowest BCUT2D eigenvalue weighted by Gasteiger charge is -2.37. The van der Waals surface area contributed by atoms with Gasteiger partial charge in [-0.3, -0.25) is 4.79 Å². The molecular weight excluding hydrogens is 458 g/mol. The number of carbonyl (C=O) groups excluding carboxylic acids is 1. The molecule has 2 aromatic carbocycles. The van der Waals surface area contributed by atoms with Crippen LogP contribution in [0.15, 0.2) is 66.0 Å². The molecule has 0 spiro atoms. The molecule has 0 atom stereocenters. The summed E-state index contributed by atoms with van der Waals surface area (Å²) in [5.74, 6) is 1.93. The second kappa shape index (κ2) is 11.2. The van der Waals surface area contributed by atoms with Crippen molar-refractivity contribution in [2.75, 3.05) is 48.8 Å². The Morgan fingerprint density at radius 3 is 2.36 bits per heavy atom. The molecular formula is C24H26ClN5O2S. The average molecular weight is 484 g/mol. The Kier molecular flexibility index (Phi) is 7.91. The quantitative estimate of drug-likeness (QED) is 0.487. The normalized spacial score (nSPS) is 13.6. The molecule has 1 aliphatic rings. The van der Waals surface area contributed by atoms with Crippen LogP contribution in [0.4, 0.5) is 11.5 Å². The SMILES string of the molecule is COc1ccc(N2CCN(c3nccnc3SCC(=O)NCc3ccc(Cl)cc3)CC2)cc1. The third kappa shape index (κ3) is 6.30. The minimum absolute atomic E-state index is 0.0455. The molecule has 172 valence electrons. The van der Waals surface area contributed by atoms with Gasteiger partial charge >= 0.3 is 0 Å². The van der Waals surface area contributed by atoms with Gasteiger partial charge in [0.05, 0.1) is 12.9 Å². The van der Waals surface area contributed by atoms with E-state index in [1.165, 1.54) is 17.4 Å². The van der Waals surface area contributed by atoms with Gasteiger partial charge in [0.25, 0.3) is 0 Å². The van der Waals surface area contributed by atoms with Gasteiger partial charge < -0.3 is 19.9 Å². The Morgan fingerprint density at radius 1 is 1.00 bits per heavy atom. The van der Waals surface area contributed by atoms with E-state index in [9.17, 15) is 4.79 Å². The van der Waals surface area contributed by atoms with Crippen LogP contribution in [0.25, 0.3) is 0 Å². The lowest BCUT2D eigenvalue weighted by Crippen LogP contribution is -2.47. The van der Waals surface area contributed by atoms with Crippen molar-refractivity contribution in [3.8, 4) is 5.75 Å². The smallest absolute Gasteiger partial charge is 0.230 e. The number of anilines is 2. The fraction of sp³-hybridized carbons (Fsp3) is 0.292. The summed E-state index contributed by atoms with van der Waals surface area (Å²) in [6, 6.07) is 15.6. The molecule has 33 heavy (non-hydrogen) atoms. The van der Waals surface area contributed by atoms with E-state index < -0.39 is 0 Å². The first-order valence-electron chi connectivity index (χ1n) is 10.7. The number of benzene rings is 2. The highest BCUT2D eigenvalue weighted by Crippen LogP contribution is 2.28. The van der Waals surface area contributed by atoms with Gasteiger partial charge in [-0.05, 0) is 42.0 Å². The number of nitrogens with zero attached hydrogens (tertiary/aromatic N) is 4. The molecule has 0 aliphatic carbocycles. The maximum Gasteiger partial charge on any atom is 0.230 e. The molecule has 0 radical (unpaired) electrons. The summed E-state index contributed by atoms with van der Waals surface area (Å²) in [7, 11) is 1.67. The van der Waals surface area contributed by atoms with Crippen LogP contribution in [-0.4, -0.2) is 54.9 Å². The van der Waals surface area contributed by atoms with E-state index in [2.05, 4.69) is 37.2 Å². The number of rotatable bonds is 8. The number of amides is 1. The zero-order valence-corrected chi connectivity index (χ0v) is 20.0. The molecule has 4 rings (SSSR count). The number of carbonyl (C=O) groups is 1. The lowest BCUT2D eigenvalue weighted by atomic mass is 10.2. The van der Waals surface area contributed by atoms with Crippen molar-refractivity contribution in [3.05, 3.63) is 71.5 Å². The van der Waals surface area contributed by atoms with Gasteiger partial charge in [0.1, 0.15) is 10.8 Å². The number of halogens is 1. The summed E-state index contributed by atoms with van der Waals surface area (Å²) in [5.41, 5.74) is 2.19. The van der Waals surface area contributed by atoms with Crippen molar-refractivity contribution in [2.24, 2.45) is 0 Å². The number of hydrogen-bond acceptors (Lipinski definition) is 7. The molecule has 3 aromatic rings. The molecule has 1 fully saturated rings. The topological polar surface area (TPSA) is 70.6 Å². The first-order valence-corrected chi connectivity index (χ1v) is 12.1. The standard InChI is InChI=1S/C24H26ClN5O2S/c1-32-21-8-6-20(7-9-21)29-12-14-30(15-13-29)23-24(27-11-10-26-23)33-17-22(31)28-16-18-2-4-19(25)5-3-18/h2-11H,12-17H2,1H3,(H,28,31). The molecule has 1 N–H and O–H groups in total. The number of methoxy groups -OCH3 is 1. The number of thioether (sulfide) groups is 1. The van der Waals surface area contributed by atoms with Crippen LogP contribution in [0.1, 0.15) is 5.56 Å². The zero-order valence-electron chi connectivity index (χ0n) is 18.4. The van der Waals surface area contributed by atoms with Gasteiger partial charge in [-0.2, -0.15) is 0 Å². The molecule has 2 heterocycles. The Morgan fingerprint density at radius 2 is 1.67 bits per heavy atom. The molecule has 0 unspecified atom stereocenters. The van der Waals surface area contributed by atoms with Crippen LogP contribution in [0, 0.1) is 0 Å². The van der Waals surface area contributed by atoms with Crippen LogP contribution in [0.5, 0.6) is 5.75 Å². The molecule has 7 nitrogen and oxygen atoms in total. The number of hydrogen-bond donors (Lipinski definition) is 1. The number of ether oxygens (including phenoxy) is 1. The predicted octanol–water partition coefficient (Wildman–Crippen LogP) is 3.87. The van der Waals surface area contributed by atoms with Crippen LogP contribution in [0.3, 0.4) is 0 Å². The fourth-order valence-electron chi connectivity index (χ4n) is 3.59. The average Bonchev–Trinajstić information content (AvgIpc) is 2.87. The van der Waals surface area contributed by atoms with E-state index in [1.807, 2.05) is 36.4 Å². The van der Waals surface area contributed by atoms with Crippen molar-refractivity contribution < 1.29 is 9.53 Å². The van der Waals surface area contributed by atoms with Crippen molar-refractivity contribution in [2.45, 2.75) is 11.6 Å². The molecule has 1 saturated heterocycles. The number of aromatic nitrogens is 2. The van der Waals surface area contributed by atoms with Gasteiger partial charge in [0, 0.05) is 55.8 Å². The molecule has 0 saturated carbocycles. The molecule has 9 heteroatoms. The summed E-state index contributed by atoms with van der Waals surface area (Å²) >= 11 is 7.32.